The molecule has 2 amide bonds. The maximum absolute atomic E-state index is 12.5. The summed E-state index contributed by atoms with van der Waals surface area (Å²) in [5.41, 5.74) is 2.42. The Hall–Kier alpha value is -3.35. The first-order chi connectivity index (χ1) is 16.8. The molecule has 0 unspecified atom stereocenters. The molecule has 0 aliphatic carbocycles. The number of thiazole rings is 2. The fraction of sp³-hybridized carbons (Fsp3) is 0.217. The number of aromatic nitrogens is 2. The molecule has 2 aromatic heterocycles. The van der Waals surface area contributed by atoms with E-state index in [0.717, 1.165) is 15.8 Å². The Labute approximate surface area is 209 Å². The first kappa shape index (κ1) is 24.8. The van der Waals surface area contributed by atoms with Gasteiger partial charge in [-0.1, -0.05) is 41.7 Å². The number of nitrogens with one attached hydrogen (secondary N) is 1. The SMILES string of the molecule is CCn1c(=NC(=O)CS(=O)(=O)CC(=O)Nc2nc(-c3ccccc3)cs2)sc2cc(OC)ccc21. The number of rotatable bonds is 8. The van der Waals surface area contributed by atoms with Gasteiger partial charge < -0.3 is 14.6 Å². The van der Waals surface area contributed by atoms with E-state index in [0.29, 0.717) is 22.8 Å². The minimum Gasteiger partial charge on any atom is -0.497 e. The number of aryl methyl sites for hydroxylation is 1. The van der Waals surface area contributed by atoms with Crippen molar-refractivity contribution >= 4 is 59.7 Å². The molecule has 0 fully saturated rings. The summed E-state index contributed by atoms with van der Waals surface area (Å²) < 4.78 is 32.9. The molecule has 0 spiro atoms. The number of hydrogen-bond donors (Lipinski definition) is 1. The van der Waals surface area contributed by atoms with Gasteiger partial charge in [-0.3, -0.25) is 9.59 Å². The fourth-order valence-electron chi connectivity index (χ4n) is 3.38. The zero-order chi connectivity index (χ0) is 25.0. The Morgan fingerprint density at radius 3 is 2.63 bits per heavy atom. The number of carbonyl (C=O) groups is 2. The second-order valence-corrected chi connectivity index (χ2v) is 11.4. The maximum Gasteiger partial charge on any atom is 0.263 e. The van der Waals surface area contributed by atoms with Crippen molar-refractivity contribution in [1.82, 2.24) is 9.55 Å². The molecule has 0 atom stereocenters. The van der Waals surface area contributed by atoms with Gasteiger partial charge in [0.25, 0.3) is 5.91 Å². The van der Waals surface area contributed by atoms with Crippen molar-refractivity contribution in [2.75, 3.05) is 23.9 Å². The monoisotopic (exact) mass is 530 g/mol. The minimum atomic E-state index is -4.03. The van der Waals surface area contributed by atoms with Gasteiger partial charge in [-0.2, -0.15) is 4.99 Å². The minimum absolute atomic E-state index is 0.282. The highest BCUT2D eigenvalue weighted by Crippen LogP contribution is 2.25. The van der Waals surface area contributed by atoms with E-state index in [9.17, 15) is 18.0 Å². The summed E-state index contributed by atoms with van der Waals surface area (Å²) in [7, 11) is -2.46. The predicted octanol–water partition coefficient (Wildman–Crippen LogP) is 3.34. The van der Waals surface area contributed by atoms with Crippen LogP contribution in [-0.4, -0.2) is 48.4 Å². The average molecular weight is 531 g/mol. The number of methoxy groups -OCH3 is 1. The first-order valence-corrected chi connectivity index (χ1v) is 14.1. The van der Waals surface area contributed by atoms with Crippen LogP contribution in [0.3, 0.4) is 0 Å². The van der Waals surface area contributed by atoms with Crippen LogP contribution in [0.4, 0.5) is 5.13 Å². The molecular formula is C23H22N4O5S3. The van der Waals surface area contributed by atoms with Crippen LogP contribution >= 0.6 is 22.7 Å². The smallest absolute Gasteiger partial charge is 0.263 e. The molecule has 4 aromatic rings. The Bertz CT molecular complexity index is 1550. The summed E-state index contributed by atoms with van der Waals surface area (Å²) >= 11 is 2.45. The number of hydrogen-bond acceptors (Lipinski definition) is 8. The molecule has 2 heterocycles. The van der Waals surface area contributed by atoms with Crippen molar-refractivity contribution in [1.29, 1.82) is 0 Å². The predicted molar refractivity (Wildman–Crippen MR) is 137 cm³/mol. The van der Waals surface area contributed by atoms with Gasteiger partial charge in [0.15, 0.2) is 19.8 Å². The lowest BCUT2D eigenvalue weighted by molar-refractivity contribution is -0.115. The third kappa shape index (κ3) is 6.02. The zero-order valence-electron chi connectivity index (χ0n) is 18.9. The van der Waals surface area contributed by atoms with Crippen molar-refractivity contribution in [2.45, 2.75) is 13.5 Å². The second kappa shape index (κ2) is 10.5. The van der Waals surface area contributed by atoms with E-state index in [-0.39, 0.29) is 5.13 Å². The number of anilines is 1. The number of sulfone groups is 1. The highest BCUT2D eigenvalue weighted by atomic mass is 32.2. The molecule has 0 aliphatic heterocycles. The Balaban J connectivity index is 1.44. The molecular weight excluding hydrogens is 508 g/mol. The van der Waals surface area contributed by atoms with E-state index in [4.69, 9.17) is 4.74 Å². The van der Waals surface area contributed by atoms with Gasteiger partial charge >= 0.3 is 0 Å². The maximum atomic E-state index is 12.5. The molecule has 1 N–H and O–H groups in total. The van der Waals surface area contributed by atoms with E-state index in [1.807, 2.05) is 54.0 Å². The van der Waals surface area contributed by atoms with Crippen molar-refractivity contribution in [3.8, 4) is 17.0 Å². The standard InChI is InChI=1S/C23H22N4O5S3/c1-3-27-18-10-9-16(32-2)11-19(18)34-23(27)26-21(29)14-35(30,31)13-20(28)25-22-24-17(12-33-22)15-7-5-4-6-8-15/h4-12H,3,13-14H2,1-2H3,(H,24,25,28). The molecule has 12 heteroatoms. The number of amides is 2. The van der Waals surface area contributed by atoms with E-state index < -0.39 is 33.2 Å². The van der Waals surface area contributed by atoms with Gasteiger partial charge in [0, 0.05) is 17.5 Å². The Morgan fingerprint density at radius 1 is 1.14 bits per heavy atom. The van der Waals surface area contributed by atoms with E-state index in [1.165, 1.54) is 22.7 Å². The van der Waals surface area contributed by atoms with Gasteiger partial charge in [-0.25, -0.2) is 13.4 Å². The third-order valence-electron chi connectivity index (χ3n) is 4.94. The summed E-state index contributed by atoms with van der Waals surface area (Å²) in [4.78, 5) is 33.5. The quantitative estimate of drug-likeness (QED) is 0.373. The molecule has 35 heavy (non-hydrogen) atoms. The van der Waals surface area contributed by atoms with Crippen LogP contribution in [0.5, 0.6) is 5.75 Å². The molecule has 0 bridgehead atoms. The molecule has 182 valence electrons. The second-order valence-electron chi connectivity index (χ2n) is 7.45. The fourth-order valence-corrected chi connectivity index (χ4v) is 6.27. The number of ether oxygens (including phenoxy) is 1. The van der Waals surface area contributed by atoms with Gasteiger partial charge in [-0.05, 0) is 25.1 Å². The largest absolute Gasteiger partial charge is 0.497 e. The third-order valence-corrected chi connectivity index (χ3v) is 8.13. The van der Waals surface area contributed by atoms with Crippen LogP contribution in [0.2, 0.25) is 0 Å². The van der Waals surface area contributed by atoms with Crippen molar-refractivity contribution < 1.29 is 22.7 Å². The Kier molecular flexibility index (Phi) is 7.43. The topological polar surface area (TPSA) is 120 Å². The van der Waals surface area contributed by atoms with Gasteiger partial charge in [-0.15, -0.1) is 11.3 Å². The molecule has 4 rings (SSSR count). The molecule has 2 aromatic carbocycles. The van der Waals surface area contributed by atoms with Crippen LogP contribution in [0.25, 0.3) is 21.5 Å². The summed E-state index contributed by atoms with van der Waals surface area (Å²) in [6, 6.07) is 14.9. The highest BCUT2D eigenvalue weighted by Gasteiger charge is 2.22. The Morgan fingerprint density at radius 2 is 1.91 bits per heavy atom. The normalized spacial score (nSPS) is 12.1. The van der Waals surface area contributed by atoms with Gasteiger partial charge in [0.05, 0.1) is 23.0 Å². The summed E-state index contributed by atoms with van der Waals surface area (Å²) in [6.07, 6.45) is 0. The van der Waals surface area contributed by atoms with Gasteiger partial charge in [0.1, 0.15) is 17.3 Å². The van der Waals surface area contributed by atoms with Crippen LogP contribution < -0.4 is 14.9 Å². The highest BCUT2D eigenvalue weighted by molar-refractivity contribution is 7.92. The number of carbonyl (C=O) groups excluding carboxylic acids is 2. The number of nitrogens with zero attached hydrogens (tertiary/aromatic N) is 3. The molecule has 9 nitrogen and oxygen atoms in total. The lowest BCUT2D eigenvalue weighted by atomic mass is 10.2. The van der Waals surface area contributed by atoms with Crippen LogP contribution in [0, 0.1) is 0 Å². The van der Waals surface area contributed by atoms with E-state index >= 15 is 0 Å². The summed E-state index contributed by atoms with van der Waals surface area (Å²) in [6.45, 7) is 2.45. The van der Waals surface area contributed by atoms with Crippen molar-refractivity contribution in [3.63, 3.8) is 0 Å². The summed E-state index contributed by atoms with van der Waals surface area (Å²) in [5.74, 6) is -2.63. The van der Waals surface area contributed by atoms with E-state index in [1.54, 1.807) is 18.6 Å². The lowest BCUT2D eigenvalue weighted by Crippen LogP contribution is -2.28. The zero-order valence-corrected chi connectivity index (χ0v) is 21.4. The molecule has 0 aliphatic rings. The lowest BCUT2D eigenvalue weighted by Gasteiger charge is -2.03. The van der Waals surface area contributed by atoms with Gasteiger partial charge in [0.2, 0.25) is 5.91 Å². The molecule has 0 saturated carbocycles. The average Bonchev–Trinajstić information content (AvgIpc) is 3.41. The van der Waals surface area contributed by atoms with Crippen molar-refractivity contribution in [3.05, 3.63) is 58.7 Å². The van der Waals surface area contributed by atoms with E-state index in [2.05, 4.69) is 15.3 Å². The molecule has 0 saturated heterocycles. The summed E-state index contributed by atoms with van der Waals surface area (Å²) in [5, 5.41) is 4.54. The van der Waals surface area contributed by atoms with Crippen LogP contribution in [0.1, 0.15) is 6.92 Å². The van der Waals surface area contributed by atoms with Crippen molar-refractivity contribution in [2.24, 2.45) is 4.99 Å². The number of benzene rings is 2. The van der Waals surface area contributed by atoms with Crippen LogP contribution in [0.15, 0.2) is 58.9 Å². The van der Waals surface area contributed by atoms with Crippen LogP contribution in [-0.2, 0) is 26.0 Å². The first-order valence-electron chi connectivity index (χ1n) is 10.5. The molecule has 0 radical (unpaired) electrons. The number of fused-ring (bicyclic) bond motifs is 1.